The van der Waals surface area contributed by atoms with Crippen molar-refractivity contribution in [2.45, 2.75) is 45.6 Å². The lowest BCUT2D eigenvalue weighted by Crippen LogP contribution is -2.50. The molecule has 20 heavy (non-hydrogen) atoms. The molecular formula is C16H34N2OS. The van der Waals surface area contributed by atoms with E-state index < -0.39 is 0 Å². The molecule has 1 fully saturated rings. The van der Waals surface area contributed by atoms with Crippen LogP contribution in [0.25, 0.3) is 0 Å². The normalized spacial score (nSPS) is 25.1. The Morgan fingerprint density at radius 1 is 1.40 bits per heavy atom. The van der Waals surface area contributed by atoms with Gasteiger partial charge < -0.3 is 15.0 Å². The number of nitrogens with zero attached hydrogens (tertiary/aromatic N) is 1. The van der Waals surface area contributed by atoms with Gasteiger partial charge in [-0.3, -0.25) is 0 Å². The lowest BCUT2D eigenvalue weighted by Gasteiger charge is -2.42. The van der Waals surface area contributed by atoms with E-state index in [-0.39, 0.29) is 0 Å². The zero-order valence-electron chi connectivity index (χ0n) is 13.9. The first-order valence-electron chi connectivity index (χ1n) is 8.15. The van der Waals surface area contributed by atoms with Crippen LogP contribution in [-0.4, -0.2) is 62.8 Å². The highest BCUT2D eigenvalue weighted by atomic mass is 32.2. The summed E-state index contributed by atoms with van der Waals surface area (Å²) in [6.07, 6.45) is 7.15. The second-order valence-electron chi connectivity index (χ2n) is 6.27. The first-order chi connectivity index (χ1) is 9.67. The molecule has 0 bridgehead atoms. The Hall–Kier alpha value is 0.230. The van der Waals surface area contributed by atoms with Crippen molar-refractivity contribution in [3.8, 4) is 0 Å². The molecule has 0 saturated carbocycles. The summed E-state index contributed by atoms with van der Waals surface area (Å²) in [6.45, 7) is 9.77. The van der Waals surface area contributed by atoms with Crippen molar-refractivity contribution in [3.05, 3.63) is 0 Å². The maximum Gasteiger partial charge on any atom is 0.0546 e. The van der Waals surface area contributed by atoms with Crippen molar-refractivity contribution in [1.82, 2.24) is 10.2 Å². The van der Waals surface area contributed by atoms with Crippen molar-refractivity contribution < 1.29 is 4.74 Å². The quantitative estimate of drug-likeness (QED) is 0.627. The highest BCUT2D eigenvalue weighted by molar-refractivity contribution is 7.98. The first-order valence-corrected chi connectivity index (χ1v) is 9.54. The van der Waals surface area contributed by atoms with Crippen LogP contribution in [0.5, 0.6) is 0 Å². The Kier molecular flexibility index (Phi) is 9.18. The molecular weight excluding hydrogens is 268 g/mol. The largest absolute Gasteiger partial charge is 0.381 e. The molecule has 3 nitrogen and oxygen atoms in total. The molecule has 1 rings (SSSR count). The van der Waals surface area contributed by atoms with Crippen molar-refractivity contribution in [2.24, 2.45) is 5.41 Å². The predicted octanol–water partition coefficient (Wildman–Crippen LogP) is 2.86. The Morgan fingerprint density at radius 2 is 2.20 bits per heavy atom. The minimum atomic E-state index is 0.313. The number of ether oxygens (including phenoxy) is 1. The minimum absolute atomic E-state index is 0.313. The van der Waals surface area contributed by atoms with Gasteiger partial charge in [0.15, 0.2) is 0 Å². The summed E-state index contributed by atoms with van der Waals surface area (Å²) in [5.74, 6) is 1.23. The zero-order valence-corrected chi connectivity index (χ0v) is 14.7. The van der Waals surface area contributed by atoms with E-state index in [9.17, 15) is 0 Å². The van der Waals surface area contributed by atoms with Crippen LogP contribution in [0.1, 0.15) is 39.5 Å². The van der Waals surface area contributed by atoms with Crippen LogP contribution in [0.3, 0.4) is 0 Å². The molecule has 4 heteroatoms. The zero-order chi connectivity index (χ0) is 14.8. The fourth-order valence-corrected chi connectivity index (χ4v) is 4.04. The van der Waals surface area contributed by atoms with Gasteiger partial charge in [-0.05, 0) is 45.5 Å². The third-order valence-corrected chi connectivity index (χ3v) is 5.09. The molecule has 1 N–H and O–H groups in total. The molecule has 2 unspecified atom stereocenters. The SMILES string of the molecule is CCCNCC1(CN(C)C(CC)CSC)CCCOC1. The van der Waals surface area contributed by atoms with Gasteiger partial charge in [0.05, 0.1) is 6.61 Å². The van der Waals surface area contributed by atoms with E-state index in [1.54, 1.807) is 0 Å². The first kappa shape index (κ1) is 18.3. The second kappa shape index (κ2) is 10.0. The fraction of sp³-hybridized carbons (Fsp3) is 1.00. The van der Waals surface area contributed by atoms with Gasteiger partial charge >= 0.3 is 0 Å². The standard InChI is InChI=1S/C16H34N2OS/c1-5-9-17-12-16(8-7-10-19-14-16)13-18(3)15(6-2)11-20-4/h15,17H,5-14H2,1-4H3. The van der Waals surface area contributed by atoms with E-state index in [0.29, 0.717) is 11.5 Å². The Morgan fingerprint density at radius 3 is 2.75 bits per heavy atom. The summed E-state index contributed by atoms with van der Waals surface area (Å²) >= 11 is 1.96. The van der Waals surface area contributed by atoms with Gasteiger partial charge in [-0.2, -0.15) is 11.8 Å². The highest BCUT2D eigenvalue weighted by Gasteiger charge is 2.34. The molecule has 0 spiro atoms. The van der Waals surface area contributed by atoms with Crippen LogP contribution in [0.2, 0.25) is 0 Å². The topological polar surface area (TPSA) is 24.5 Å². The summed E-state index contributed by atoms with van der Waals surface area (Å²) in [7, 11) is 2.29. The molecule has 1 aliphatic rings. The lowest BCUT2D eigenvalue weighted by atomic mass is 9.81. The summed E-state index contributed by atoms with van der Waals surface area (Å²) in [4.78, 5) is 2.57. The molecule has 0 aromatic carbocycles. The van der Waals surface area contributed by atoms with Crippen LogP contribution in [0, 0.1) is 5.41 Å². The van der Waals surface area contributed by atoms with Gasteiger partial charge in [0, 0.05) is 36.9 Å². The second-order valence-corrected chi connectivity index (χ2v) is 7.18. The third kappa shape index (κ3) is 5.92. The van der Waals surface area contributed by atoms with Crippen molar-refractivity contribution >= 4 is 11.8 Å². The van der Waals surface area contributed by atoms with Gasteiger partial charge in [-0.1, -0.05) is 13.8 Å². The van der Waals surface area contributed by atoms with E-state index in [1.807, 2.05) is 11.8 Å². The maximum atomic E-state index is 5.82. The number of hydrogen-bond acceptors (Lipinski definition) is 4. The Balaban J connectivity index is 2.58. The Labute approximate surface area is 130 Å². The van der Waals surface area contributed by atoms with Crippen LogP contribution in [-0.2, 0) is 4.74 Å². The van der Waals surface area contributed by atoms with E-state index in [2.05, 4.69) is 37.4 Å². The maximum absolute atomic E-state index is 5.82. The van der Waals surface area contributed by atoms with Crippen molar-refractivity contribution in [2.75, 3.05) is 51.9 Å². The lowest BCUT2D eigenvalue weighted by molar-refractivity contribution is -0.0271. The molecule has 120 valence electrons. The molecule has 0 aromatic heterocycles. The van der Waals surface area contributed by atoms with E-state index in [0.717, 1.165) is 32.8 Å². The minimum Gasteiger partial charge on any atom is -0.381 e. The Bertz CT molecular complexity index is 245. The monoisotopic (exact) mass is 302 g/mol. The van der Waals surface area contributed by atoms with Gasteiger partial charge in [0.25, 0.3) is 0 Å². The van der Waals surface area contributed by atoms with Gasteiger partial charge in [0.2, 0.25) is 0 Å². The fourth-order valence-electron chi connectivity index (χ4n) is 3.17. The van der Waals surface area contributed by atoms with Crippen LogP contribution in [0.4, 0.5) is 0 Å². The van der Waals surface area contributed by atoms with Gasteiger partial charge in [-0.25, -0.2) is 0 Å². The molecule has 0 aromatic rings. The average molecular weight is 303 g/mol. The van der Waals surface area contributed by atoms with Crippen LogP contribution >= 0.6 is 11.8 Å². The molecule has 0 amide bonds. The molecule has 0 aliphatic carbocycles. The highest BCUT2D eigenvalue weighted by Crippen LogP contribution is 2.30. The number of hydrogen-bond donors (Lipinski definition) is 1. The van der Waals surface area contributed by atoms with Gasteiger partial charge in [0.1, 0.15) is 0 Å². The number of rotatable bonds is 10. The van der Waals surface area contributed by atoms with E-state index in [4.69, 9.17) is 4.74 Å². The smallest absolute Gasteiger partial charge is 0.0546 e. The summed E-state index contributed by atoms with van der Waals surface area (Å²) in [5.41, 5.74) is 0.313. The molecule has 1 heterocycles. The number of nitrogens with one attached hydrogen (secondary N) is 1. The van der Waals surface area contributed by atoms with Crippen LogP contribution in [0.15, 0.2) is 0 Å². The van der Waals surface area contributed by atoms with E-state index >= 15 is 0 Å². The van der Waals surface area contributed by atoms with Crippen molar-refractivity contribution in [1.29, 1.82) is 0 Å². The summed E-state index contributed by atoms with van der Waals surface area (Å²) in [6, 6.07) is 0.690. The molecule has 1 aliphatic heterocycles. The number of thioether (sulfide) groups is 1. The van der Waals surface area contributed by atoms with E-state index in [1.165, 1.54) is 31.4 Å². The van der Waals surface area contributed by atoms with Crippen molar-refractivity contribution in [3.63, 3.8) is 0 Å². The molecule has 1 saturated heterocycles. The molecule has 2 atom stereocenters. The molecule has 0 radical (unpaired) electrons. The van der Waals surface area contributed by atoms with Gasteiger partial charge in [-0.15, -0.1) is 0 Å². The van der Waals surface area contributed by atoms with Crippen LogP contribution < -0.4 is 5.32 Å². The average Bonchev–Trinajstić information content (AvgIpc) is 2.46. The third-order valence-electron chi connectivity index (χ3n) is 4.37. The summed E-state index contributed by atoms with van der Waals surface area (Å²) in [5, 5.41) is 3.63. The predicted molar refractivity (Wildman–Crippen MR) is 90.7 cm³/mol. The summed E-state index contributed by atoms with van der Waals surface area (Å²) < 4.78 is 5.82.